The summed E-state index contributed by atoms with van der Waals surface area (Å²) in [6.07, 6.45) is 6.42. The molecule has 11 heteroatoms. The summed E-state index contributed by atoms with van der Waals surface area (Å²) in [6.45, 7) is 3.56. The number of benzene rings is 1. The van der Waals surface area contributed by atoms with E-state index in [4.69, 9.17) is 4.98 Å². The molecule has 0 saturated heterocycles. The van der Waals surface area contributed by atoms with E-state index < -0.39 is 28.7 Å². The monoisotopic (exact) mass is 504 g/mol. The Morgan fingerprint density at radius 2 is 1.69 bits per heavy atom. The predicted octanol–water partition coefficient (Wildman–Crippen LogP) is 4.81. The standard InChI is InChI=1S/C25H31F3N6O2/c1-25(2,36)13-3-6-16(9-13)34-22-20(12-29-23(33-22)30-15-4-7-17(35)8-5-15)31-24(34)32-21-18(27)10-14(26)11-19(21)28/h10-13,15-17,35-36H,3-9H2,1-2H3,(H,31,32)(H,29,30,33)/t13?,15-,16?,17-. The van der Waals surface area contributed by atoms with Crippen LogP contribution in [-0.2, 0) is 0 Å². The van der Waals surface area contributed by atoms with Crippen molar-refractivity contribution >= 4 is 28.7 Å². The first kappa shape index (κ1) is 24.8. The molecule has 5 rings (SSSR count). The van der Waals surface area contributed by atoms with Gasteiger partial charge in [0.1, 0.15) is 17.0 Å². The van der Waals surface area contributed by atoms with E-state index in [9.17, 15) is 23.4 Å². The van der Waals surface area contributed by atoms with Crippen molar-refractivity contribution in [3.8, 4) is 0 Å². The van der Waals surface area contributed by atoms with E-state index >= 15 is 0 Å². The van der Waals surface area contributed by atoms with Crippen molar-refractivity contribution in [1.29, 1.82) is 0 Å². The minimum absolute atomic E-state index is 0.0280. The number of nitrogens with one attached hydrogen (secondary N) is 2. The van der Waals surface area contributed by atoms with E-state index in [1.807, 2.05) is 0 Å². The number of aliphatic hydroxyl groups is 2. The quantitative estimate of drug-likeness (QED) is 0.381. The summed E-state index contributed by atoms with van der Waals surface area (Å²) in [5.41, 5.74) is -0.440. The maximum atomic E-state index is 14.5. The number of nitrogens with zero attached hydrogens (tertiary/aromatic N) is 4. The number of aromatic nitrogens is 4. The minimum atomic E-state index is -1.07. The molecular weight excluding hydrogens is 473 g/mol. The van der Waals surface area contributed by atoms with E-state index in [0.717, 1.165) is 25.7 Å². The van der Waals surface area contributed by atoms with Gasteiger partial charge in [-0.25, -0.2) is 23.1 Å². The molecule has 2 aliphatic carbocycles. The summed E-state index contributed by atoms with van der Waals surface area (Å²) < 4.78 is 44.2. The first-order valence-corrected chi connectivity index (χ1v) is 12.4. The van der Waals surface area contributed by atoms with Crippen LogP contribution >= 0.6 is 0 Å². The molecule has 2 aromatic heterocycles. The molecule has 36 heavy (non-hydrogen) atoms. The van der Waals surface area contributed by atoms with Crippen molar-refractivity contribution in [3.63, 3.8) is 0 Å². The third-order valence-corrected chi connectivity index (χ3v) is 7.48. The Labute approximate surface area is 207 Å². The van der Waals surface area contributed by atoms with Gasteiger partial charge in [0.25, 0.3) is 0 Å². The second kappa shape index (κ2) is 9.51. The number of rotatable bonds is 6. The smallest absolute Gasteiger partial charge is 0.224 e. The zero-order valence-corrected chi connectivity index (χ0v) is 20.3. The Morgan fingerprint density at radius 3 is 2.33 bits per heavy atom. The number of hydrogen-bond donors (Lipinski definition) is 4. The summed E-state index contributed by atoms with van der Waals surface area (Å²) in [7, 11) is 0. The van der Waals surface area contributed by atoms with Crippen molar-refractivity contribution in [2.75, 3.05) is 10.6 Å². The molecule has 0 spiro atoms. The van der Waals surface area contributed by atoms with E-state index in [1.54, 1.807) is 24.6 Å². The normalized spacial score (nSPS) is 24.9. The first-order chi connectivity index (χ1) is 17.1. The zero-order chi connectivity index (χ0) is 25.6. The Kier molecular flexibility index (Phi) is 6.54. The molecule has 2 aliphatic rings. The molecular formula is C25H31F3N6O2. The average Bonchev–Trinajstić information content (AvgIpc) is 3.42. The number of halogens is 3. The van der Waals surface area contributed by atoms with Gasteiger partial charge in [-0.3, -0.25) is 4.57 Å². The van der Waals surface area contributed by atoms with Crippen LogP contribution in [0.3, 0.4) is 0 Å². The Balaban J connectivity index is 1.52. The zero-order valence-electron chi connectivity index (χ0n) is 20.3. The fourth-order valence-corrected chi connectivity index (χ4v) is 5.40. The van der Waals surface area contributed by atoms with Crippen molar-refractivity contribution in [3.05, 3.63) is 35.8 Å². The number of imidazole rings is 1. The molecule has 2 atom stereocenters. The van der Waals surface area contributed by atoms with Crippen LogP contribution < -0.4 is 10.6 Å². The molecule has 0 amide bonds. The molecule has 8 nitrogen and oxygen atoms in total. The highest BCUT2D eigenvalue weighted by molar-refractivity contribution is 5.76. The lowest BCUT2D eigenvalue weighted by atomic mass is 9.89. The van der Waals surface area contributed by atoms with E-state index in [1.165, 1.54) is 0 Å². The minimum Gasteiger partial charge on any atom is -0.393 e. The number of anilines is 3. The highest BCUT2D eigenvalue weighted by atomic mass is 19.1. The Hall–Kier alpha value is -2.92. The van der Waals surface area contributed by atoms with Gasteiger partial charge in [-0.05, 0) is 64.7 Å². The van der Waals surface area contributed by atoms with Crippen LogP contribution in [0.2, 0.25) is 0 Å². The lowest BCUT2D eigenvalue weighted by Gasteiger charge is -2.26. The van der Waals surface area contributed by atoms with Crippen molar-refractivity contribution < 1.29 is 23.4 Å². The highest BCUT2D eigenvalue weighted by Crippen LogP contribution is 2.43. The van der Waals surface area contributed by atoms with Gasteiger partial charge in [0, 0.05) is 24.2 Å². The predicted molar refractivity (Wildman–Crippen MR) is 129 cm³/mol. The molecule has 0 aliphatic heterocycles. The van der Waals surface area contributed by atoms with Crippen LogP contribution in [0, 0.1) is 23.4 Å². The van der Waals surface area contributed by atoms with Crippen molar-refractivity contribution in [2.45, 2.75) is 82.6 Å². The number of hydrogen-bond acceptors (Lipinski definition) is 7. The summed E-state index contributed by atoms with van der Waals surface area (Å²) >= 11 is 0. The van der Waals surface area contributed by atoms with Gasteiger partial charge in [-0.2, -0.15) is 4.98 Å². The van der Waals surface area contributed by atoms with E-state index in [0.29, 0.717) is 48.5 Å². The molecule has 0 bridgehead atoms. The van der Waals surface area contributed by atoms with Crippen LogP contribution in [-0.4, -0.2) is 47.5 Å². The fraction of sp³-hybridized carbons (Fsp3) is 0.560. The van der Waals surface area contributed by atoms with Gasteiger partial charge in [-0.15, -0.1) is 0 Å². The highest BCUT2D eigenvalue weighted by Gasteiger charge is 2.37. The van der Waals surface area contributed by atoms with Crippen molar-refractivity contribution in [1.82, 2.24) is 19.5 Å². The maximum absolute atomic E-state index is 14.5. The molecule has 2 heterocycles. The van der Waals surface area contributed by atoms with Gasteiger partial charge in [0.15, 0.2) is 17.3 Å². The van der Waals surface area contributed by atoms with Crippen LogP contribution in [0.1, 0.15) is 64.8 Å². The summed E-state index contributed by atoms with van der Waals surface area (Å²) in [5, 5.41) is 26.4. The van der Waals surface area contributed by atoms with E-state index in [-0.39, 0.29) is 30.1 Å². The molecule has 2 unspecified atom stereocenters. The van der Waals surface area contributed by atoms with Crippen LogP contribution in [0.25, 0.3) is 11.2 Å². The van der Waals surface area contributed by atoms with Gasteiger partial charge in [0.2, 0.25) is 11.9 Å². The second-order valence-electron chi connectivity index (χ2n) is 10.5. The lowest BCUT2D eigenvalue weighted by Crippen LogP contribution is -2.29. The second-order valence-corrected chi connectivity index (χ2v) is 10.5. The third-order valence-electron chi connectivity index (χ3n) is 7.48. The van der Waals surface area contributed by atoms with E-state index in [2.05, 4.69) is 20.6 Å². The fourth-order valence-electron chi connectivity index (χ4n) is 5.40. The summed E-state index contributed by atoms with van der Waals surface area (Å²) in [4.78, 5) is 13.6. The first-order valence-electron chi connectivity index (χ1n) is 12.4. The molecule has 0 radical (unpaired) electrons. The average molecular weight is 505 g/mol. The van der Waals surface area contributed by atoms with Gasteiger partial charge in [-0.1, -0.05) is 0 Å². The van der Waals surface area contributed by atoms with Gasteiger partial charge >= 0.3 is 0 Å². The van der Waals surface area contributed by atoms with Crippen LogP contribution in [0.15, 0.2) is 18.3 Å². The van der Waals surface area contributed by atoms with Gasteiger partial charge < -0.3 is 20.8 Å². The number of aliphatic hydroxyl groups excluding tert-OH is 1. The maximum Gasteiger partial charge on any atom is 0.224 e. The number of fused-ring (bicyclic) bond motifs is 1. The third kappa shape index (κ3) is 4.99. The largest absolute Gasteiger partial charge is 0.393 e. The van der Waals surface area contributed by atoms with Crippen molar-refractivity contribution in [2.24, 2.45) is 5.92 Å². The topological polar surface area (TPSA) is 108 Å². The lowest BCUT2D eigenvalue weighted by molar-refractivity contribution is 0.0186. The molecule has 2 fully saturated rings. The Bertz CT molecular complexity index is 1230. The summed E-state index contributed by atoms with van der Waals surface area (Å²) in [6, 6.07) is 1.23. The Morgan fingerprint density at radius 1 is 1.00 bits per heavy atom. The molecule has 1 aromatic carbocycles. The van der Waals surface area contributed by atoms with Gasteiger partial charge in [0.05, 0.1) is 17.9 Å². The van der Waals surface area contributed by atoms with Crippen LogP contribution in [0.4, 0.5) is 30.8 Å². The molecule has 3 aromatic rings. The van der Waals surface area contributed by atoms with Crippen LogP contribution in [0.5, 0.6) is 0 Å². The SMILES string of the molecule is CC(C)(O)C1CCC(n2c(Nc3c(F)cc(F)cc3F)nc3cnc(N[C@H]4CC[C@H](O)CC4)nc32)C1. The molecule has 2 saturated carbocycles. The summed E-state index contributed by atoms with van der Waals surface area (Å²) in [5.74, 6) is -2.54. The molecule has 194 valence electrons. The molecule has 4 N–H and O–H groups in total.